The van der Waals surface area contributed by atoms with Crippen molar-refractivity contribution < 1.29 is 19.1 Å². The highest BCUT2D eigenvalue weighted by molar-refractivity contribution is 5.99. The first-order chi connectivity index (χ1) is 8.73. The minimum Gasteiger partial charge on any atom is -0.481 e. The Morgan fingerprint density at radius 2 is 1.89 bits per heavy atom. The summed E-state index contributed by atoms with van der Waals surface area (Å²) in [7, 11) is 0. The highest BCUT2D eigenvalue weighted by Crippen LogP contribution is 2.58. The van der Waals surface area contributed by atoms with Crippen molar-refractivity contribution in [3.8, 4) is 0 Å². The maximum Gasteiger partial charge on any atom is 0.307 e. The molecule has 2 rings (SSSR count). The van der Waals surface area contributed by atoms with Crippen LogP contribution in [0.15, 0.2) is 18.2 Å². The van der Waals surface area contributed by atoms with E-state index in [1.165, 1.54) is 12.1 Å². The molecule has 1 saturated carbocycles. The fourth-order valence-electron chi connectivity index (χ4n) is 2.62. The van der Waals surface area contributed by atoms with Gasteiger partial charge in [0.05, 0.1) is 11.8 Å². The predicted octanol–water partition coefficient (Wildman–Crippen LogP) is 2.43. The van der Waals surface area contributed by atoms with Crippen molar-refractivity contribution in [2.45, 2.75) is 20.8 Å². The maximum absolute atomic E-state index is 13.2. The van der Waals surface area contributed by atoms with Crippen molar-refractivity contribution in [3.05, 3.63) is 29.6 Å². The SMILES string of the molecule is Cc1cc(F)cc(NC(=O)C2C(C(=O)O)C2(C)C)c1. The van der Waals surface area contributed by atoms with Crippen LogP contribution in [-0.2, 0) is 9.59 Å². The van der Waals surface area contributed by atoms with E-state index in [-0.39, 0.29) is 5.91 Å². The summed E-state index contributed by atoms with van der Waals surface area (Å²) in [5.41, 5.74) is 0.493. The third-order valence-corrected chi connectivity index (χ3v) is 3.69. The molecule has 5 heteroatoms. The number of carboxylic acid groups (broad SMARTS) is 1. The van der Waals surface area contributed by atoms with Gasteiger partial charge in [-0.25, -0.2) is 4.39 Å². The van der Waals surface area contributed by atoms with Crippen LogP contribution in [0, 0.1) is 30.0 Å². The van der Waals surface area contributed by atoms with Crippen LogP contribution < -0.4 is 5.32 Å². The Kier molecular flexibility index (Phi) is 3.08. The van der Waals surface area contributed by atoms with Crippen LogP contribution >= 0.6 is 0 Å². The van der Waals surface area contributed by atoms with Gasteiger partial charge in [0.15, 0.2) is 0 Å². The monoisotopic (exact) mass is 265 g/mol. The molecule has 2 unspecified atom stereocenters. The Morgan fingerprint density at radius 3 is 2.37 bits per heavy atom. The molecule has 1 aliphatic carbocycles. The van der Waals surface area contributed by atoms with Crippen molar-refractivity contribution in [2.75, 3.05) is 5.32 Å². The average Bonchev–Trinajstić information content (AvgIpc) is 2.80. The summed E-state index contributed by atoms with van der Waals surface area (Å²) in [6.07, 6.45) is 0. The highest BCUT2D eigenvalue weighted by Gasteiger charge is 2.65. The molecule has 1 fully saturated rings. The van der Waals surface area contributed by atoms with Gasteiger partial charge in [-0.2, -0.15) is 0 Å². The number of benzene rings is 1. The number of carbonyl (C=O) groups is 2. The van der Waals surface area contributed by atoms with Gasteiger partial charge >= 0.3 is 5.97 Å². The van der Waals surface area contributed by atoms with Crippen molar-refractivity contribution in [2.24, 2.45) is 17.3 Å². The number of nitrogens with one attached hydrogen (secondary N) is 1. The van der Waals surface area contributed by atoms with Crippen LogP contribution in [0.5, 0.6) is 0 Å². The number of aliphatic carboxylic acids is 1. The van der Waals surface area contributed by atoms with E-state index < -0.39 is 29.0 Å². The zero-order valence-electron chi connectivity index (χ0n) is 11.0. The van der Waals surface area contributed by atoms with Gasteiger partial charge in [0.25, 0.3) is 0 Å². The Labute approximate surface area is 110 Å². The van der Waals surface area contributed by atoms with E-state index in [0.717, 1.165) is 0 Å². The summed E-state index contributed by atoms with van der Waals surface area (Å²) >= 11 is 0. The van der Waals surface area contributed by atoms with Gasteiger partial charge < -0.3 is 10.4 Å². The highest BCUT2D eigenvalue weighted by atomic mass is 19.1. The number of hydrogen-bond donors (Lipinski definition) is 2. The minimum atomic E-state index is -0.972. The second-order valence-electron chi connectivity index (χ2n) is 5.62. The van der Waals surface area contributed by atoms with Gasteiger partial charge in [0.2, 0.25) is 5.91 Å². The first-order valence-corrected chi connectivity index (χ1v) is 6.04. The number of carboxylic acids is 1. The molecule has 0 spiro atoms. The van der Waals surface area contributed by atoms with Crippen LogP contribution in [0.4, 0.5) is 10.1 Å². The first-order valence-electron chi connectivity index (χ1n) is 6.04. The predicted molar refractivity (Wildman–Crippen MR) is 68.2 cm³/mol. The normalized spacial score (nSPS) is 23.8. The largest absolute Gasteiger partial charge is 0.481 e. The number of aryl methyl sites for hydroxylation is 1. The van der Waals surface area contributed by atoms with Crippen molar-refractivity contribution in [1.29, 1.82) is 0 Å². The van der Waals surface area contributed by atoms with Crippen molar-refractivity contribution in [3.63, 3.8) is 0 Å². The lowest BCUT2D eigenvalue weighted by Crippen LogP contribution is -2.17. The van der Waals surface area contributed by atoms with Crippen LogP contribution in [0.3, 0.4) is 0 Å². The van der Waals surface area contributed by atoms with E-state index >= 15 is 0 Å². The van der Waals surface area contributed by atoms with Crippen LogP contribution in [0.2, 0.25) is 0 Å². The van der Waals surface area contributed by atoms with E-state index in [1.807, 2.05) is 0 Å². The average molecular weight is 265 g/mol. The molecule has 1 aromatic rings. The second-order valence-corrected chi connectivity index (χ2v) is 5.62. The van der Waals surface area contributed by atoms with Gasteiger partial charge in [0.1, 0.15) is 5.82 Å². The number of carbonyl (C=O) groups excluding carboxylic acids is 1. The molecule has 0 bridgehead atoms. The molecule has 0 aliphatic heterocycles. The van der Waals surface area contributed by atoms with E-state index in [2.05, 4.69) is 5.32 Å². The minimum absolute atomic E-state index is 0.356. The summed E-state index contributed by atoms with van der Waals surface area (Å²) in [6, 6.07) is 4.22. The molecule has 102 valence electrons. The molecule has 1 aromatic carbocycles. The summed E-state index contributed by atoms with van der Waals surface area (Å²) in [5.74, 6) is -3.03. The van der Waals surface area contributed by atoms with E-state index in [9.17, 15) is 14.0 Å². The van der Waals surface area contributed by atoms with Crippen LogP contribution in [-0.4, -0.2) is 17.0 Å². The Morgan fingerprint density at radius 1 is 1.26 bits per heavy atom. The molecular weight excluding hydrogens is 249 g/mol. The molecule has 1 aliphatic rings. The van der Waals surface area contributed by atoms with E-state index in [1.54, 1.807) is 26.8 Å². The Balaban J connectivity index is 2.13. The van der Waals surface area contributed by atoms with Gasteiger partial charge in [0, 0.05) is 5.69 Å². The summed E-state index contributed by atoms with van der Waals surface area (Å²) in [6.45, 7) is 5.21. The van der Waals surface area contributed by atoms with E-state index in [0.29, 0.717) is 11.3 Å². The lowest BCUT2D eigenvalue weighted by atomic mass is 10.1. The van der Waals surface area contributed by atoms with Gasteiger partial charge in [-0.15, -0.1) is 0 Å². The molecule has 0 heterocycles. The smallest absolute Gasteiger partial charge is 0.307 e. The second kappa shape index (κ2) is 4.33. The molecule has 2 N–H and O–H groups in total. The fraction of sp³-hybridized carbons (Fsp3) is 0.429. The molecular formula is C14H16FNO3. The fourth-order valence-corrected chi connectivity index (χ4v) is 2.62. The number of rotatable bonds is 3. The molecule has 19 heavy (non-hydrogen) atoms. The summed E-state index contributed by atoms with van der Waals surface area (Å²) in [5, 5.41) is 11.6. The quantitative estimate of drug-likeness (QED) is 0.882. The molecule has 0 aromatic heterocycles. The first kappa shape index (κ1) is 13.5. The maximum atomic E-state index is 13.2. The zero-order chi connectivity index (χ0) is 14.4. The number of amides is 1. The van der Waals surface area contributed by atoms with Gasteiger partial charge in [-0.05, 0) is 36.1 Å². The van der Waals surface area contributed by atoms with Gasteiger partial charge in [-0.1, -0.05) is 13.8 Å². The number of hydrogen-bond acceptors (Lipinski definition) is 2. The third kappa shape index (κ3) is 2.45. The number of halogens is 1. The molecule has 0 radical (unpaired) electrons. The van der Waals surface area contributed by atoms with Crippen LogP contribution in [0.25, 0.3) is 0 Å². The molecule has 1 amide bonds. The summed E-state index contributed by atoms with van der Waals surface area (Å²) in [4.78, 5) is 23.0. The molecule has 2 atom stereocenters. The third-order valence-electron chi connectivity index (χ3n) is 3.69. The number of anilines is 1. The van der Waals surface area contributed by atoms with Crippen molar-refractivity contribution >= 4 is 17.6 Å². The Bertz CT molecular complexity index is 533. The topological polar surface area (TPSA) is 66.4 Å². The van der Waals surface area contributed by atoms with Gasteiger partial charge in [-0.3, -0.25) is 9.59 Å². The standard InChI is InChI=1S/C14H16FNO3/c1-7-4-8(15)6-9(5-7)16-12(17)10-11(13(18)19)14(10,2)3/h4-6,10-11H,1-3H3,(H,16,17)(H,18,19). The summed E-state index contributed by atoms with van der Waals surface area (Å²) < 4.78 is 13.2. The lowest BCUT2D eigenvalue weighted by molar-refractivity contribution is -0.140. The zero-order valence-corrected chi connectivity index (χ0v) is 11.0. The Hall–Kier alpha value is -1.91. The van der Waals surface area contributed by atoms with Crippen LogP contribution in [0.1, 0.15) is 19.4 Å². The van der Waals surface area contributed by atoms with Crippen molar-refractivity contribution in [1.82, 2.24) is 0 Å². The van der Waals surface area contributed by atoms with E-state index in [4.69, 9.17) is 5.11 Å². The molecule has 4 nitrogen and oxygen atoms in total. The lowest BCUT2D eigenvalue weighted by Gasteiger charge is -2.07. The molecule has 0 saturated heterocycles.